The van der Waals surface area contributed by atoms with Crippen LogP contribution in [0.1, 0.15) is 41.0 Å². The lowest BCUT2D eigenvalue weighted by atomic mass is 9.69. The third kappa shape index (κ3) is 2.54. The van der Waals surface area contributed by atoms with Crippen LogP contribution < -0.4 is 0 Å². The van der Waals surface area contributed by atoms with E-state index in [4.69, 9.17) is 9.47 Å². The van der Waals surface area contributed by atoms with Crippen molar-refractivity contribution in [1.82, 2.24) is 0 Å². The third-order valence-electron chi connectivity index (χ3n) is 3.48. The zero-order valence-electron chi connectivity index (χ0n) is 10.6. The van der Waals surface area contributed by atoms with Crippen molar-refractivity contribution in [2.24, 2.45) is 10.8 Å². The van der Waals surface area contributed by atoms with Crippen LogP contribution in [-0.4, -0.2) is 24.6 Å². The Morgan fingerprint density at radius 2 is 1.88 bits per heavy atom. The van der Waals surface area contributed by atoms with Crippen molar-refractivity contribution in [3.05, 3.63) is 0 Å². The number of carbonyl (C=O) groups excluding carboxylic acids is 2. The molecule has 0 aliphatic carbocycles. The van der Waals surface area contributed by atoms with Crippen LogP contribution >= 0.6 is 0 Å². The van der Waals surface area contributed by atoms with E-state index in [1.54, 1.807) is 0 Å². The normalized spacial score (nSPS) is 21.8. The first-order valence-electron chi connectivity index (χ1n) is 5.51. The molecule has 0 amide bonds. The molecule has 16 heavy (non-hydrogen) atoms. The Kier molecular flexibility index (Phi) is 3.31. The number of hydrogen-bond donors (Lipinski definition) is 0. The second-order valence-electron chi connectivity index (χ2n) is 5.79. The maximum atomic E-state index is 12.0. The van der Waals surface area contributed by atoms with Crippen LogP contribution in [0.2, 0.25) is 0 Å². The lowest BCUT2D eigenvalue weighted by Crippen LogP contribution is -2.40. The highest BCUT2D eigenvalue weighted by atomic mass is 16.6. The summed E-state index contributed by atoms with van der Waals surface area (Å²) in [6.07, 6.45) is -0.243. The average molecular weight is 228 g/mol. The van der Waals surface area contributed by atoms with Gasteiger partial charge in [-0.15, -0.1) is 0 Å². The molecule has 0 radical (unpaired) electrons. The number of hydrogen-bond acceptors (Lipinski definition) is 4. The molecule has 1 unspecified atom stereocenters. The van der Waals surface area contributed by atoms with E-state index in [2.05, 4.69) is 0 Å². The van der Waals surface area contributed by atoms with Crippen LogP contribution in [0.15, 0.2) is 0 Å². The van der Waals surface area contributed by atoms with Gasteiger partial charge in [-0.25, -0.2) is 0 Å². The Hall–Kier alpha value is -1.06. The van der Waals surface area contributed by atoms with Gasteiger partial charge in [0.25, 0.3) is 0 Å². The minimum Gasteiger partial charge on any atom is -0.462 e. The Labute approximate surface area is 96.3 Å². The molecule has 0 aromatic rings. The summed E-state index contributed by atoms with van der Waals surface area (Å²) in [5.74, 6) is -0.574. The number of carbonyl (C=O) groups is 2. The van der Waals surface area contributed by atoms with Crippen molar-refractivity contribution in [2.75, 3.05) is 6.61 Å². The van der Waals surface area contributed by atoms with Gasteiger partial charge in [0.1, 0.15) is 12.7 Å². The van der Waals surface area contributed by atoms with Gasteiger partial charge in [-0.2, -0.15) is 0 Å². The molecule has 0 aromatic carbocycles. The Morgan fingerprint density at radius 1 is 1.31 bits per heavy atom. The zero-order valence-corrected chi connectivity index (χ0v) is 10.6. The van der Waals surface area contributed by atoms with E-state index in [-0.39, 0.29) is 30.4 Å². The summed E-state index contributed by atoms with van der Waals surface area (Å²) in [6, 6.07) is 0. The van der Waals surface area contributed by atoms with Crippen LogP contribution in [-0.2, 0) is 19.1 Å². The standard InChI is InChI=1S/C12H20O4/c1-11(2,3)12(4,5)10(14)16-8-6-9(13)15-7-8/h8H,6-7H2,1-5H3. The molecule has 1 saturated heterocycles. The maximum absolute atomic E-state index is 12.0. The van der Waals surface area contributed by atoms with Gasteiger partial charge >= 0.3 is 11.9 Å². The first-order chi connectivity index (χ1) is 7.14. The van der Waals surface area contributed by atoms with Crippen molar-refractivity contribution in [3.8, 4) is 0 Å². The predicted octanol–water partition coefficient (Wildman–Crippen LogP) is 1.92. The lowest BCUT2D eigenvalue weighted by molar-refractivity contribution is -0.165. The van der Waals surface area contributed by atoms with Gasteiger partial charge in [0.15, 0.2) is 0 Å². The summed E-state index contributed by atoms with van der Waals surface area (Å²) in [5.41, 5.74) is -0.772. The average Bonchev–Trinajstić information content (AvgIpc) is 2.49. The summed E-state index contributed by atoms with van der Waals surface area (Å²) < 4.78 is 10.0. The van der Waals surface area contributed by atoms with Gasteiger partial charge in [0.05, 0.1) is 11.8 Å². The molecule has 1 heterocycles. The van der Waals surface area contributed by atoms with Crippen molar-refractivity contribution >= 4 is 11.9 Å². The predicted molar refractivity (Wildman–Crippen MR) is 58.7 cm³/mol. The Morgan fingerprint density at radius 3 is 2.25 bits per heavy atom. The molecular weight excluding hydrogens is 208 g/mol. The fourth-order valence-corrected chi connectivity index (χ4v) is 1.17. The molecule has 92 valence electrons. The summed E-state index contributed by atoms with van der Waals surface area (Å²) in [5, 5.41) is 0. The second-order valence-corrected chi connectivity index (χ2v) is 5.79. The first kappa shape index (κ1) is 13.0. The number of ether oxygens (including phenoxy) is 2. The smallest absolute Gasteiger partial charge is 0.312 e. The molecule has 0 saturated carbocycles. The summed E-state index contributed by atoms with van der Waals surface area (Å²) in [4.78, 5) is 22.9. The van der Waals surface area contributed by atoms with Gasteiger partial charge in [0.2, 0.25) is 0 Å². The van der Waals surface area contributed by atoms with Crippen LogP contribution in [0.3, 0.4) is 0 Å². The summed E-state index contributed by atoms with van der Waals surface area (Å²) >= 11 is 0. The summed E-state index contributed by atoms with van der Waals surface area (Å²) in [6.45, 7) is 9.87. The highest BCUT2D eigenvalue weighted by Gasteiger charge is 2.43. The molecule has 0 N–H and O–H groups in total. The number of rotatable bonds is 2. The highest BCUT2D eigenvalue weighted by molar-refractivity contribution is 5.78. The van der Waals surface area contributed by atoms with Gasteiger partial charge in [-0.1, -0.05) is 20.8 Å². The zero-order chi connectivity index (χ0) is 12.6. The van der Waals surface area contributed by atoms with Gasteiger partial charge in [-0.05, 0) is 19.3 Å². The molecular formula is C12H20O4. The topological polar surface area (TPSA) is 52.6 Å². The van der Waals surface area contributed by atoms with E-state index in [0.29, 0.717) is 0 Å². The van der Waals surface area contributed by atoms with Gasteiger partial charge in [0, 0.05) is 0 Å². The SMILES string of the molecule is CC(C)(C)C(C)(C)C(=O)OC1COC(=O)C1. The minimum atomic E-state index is -0.585. The van der Waals surface area contributed by atoms with E-state index in [1.165, 1.54) is 0 Å². The molecule has 4 nitrogen and oxygen atoms in total. The lowest BCUT2D eigenvalue weighted by Gasteiger charge is -2.36. The van der Waals surface area contributed by atoms with Crippen molar-refractivity contribution in [3.63, 3.8) is 0 Å². The molecule has 1 atom stereocenters. The quantitative estimate of drug-likeness (QED) is 0.677. The van der Waals surface area contributed by atoms with Gasteiger partial charge in [-0.3, -0.25) is 9.59 Å². The van der Waals surface area contributed by atoms with Crippen molar-refractivity contribution < 1.29 is 19.1 Å². The summed E-state index contributed by atoms with van der Waals surface area (Å²) in [7, 11) is 0. The Bertz CT molecular complexity index is 299. The molecule has 1 fully saturated rings. The molecule has 0 bridgehead atoms. The van der Waals surface area contributed by atoms with E-state index < -0.39 is 11.5 Å². The maximum Gasteiger partial charge on any atom is 0.312 e. The monoisotopic (exact) mass is 228 g/mol. The molecule has 1 rings (SSSR count). The molecule has 0 spiro atoms. The van der Waals surface area contributed by atoms with E-state index >= 15 is 0 Å². The Balaban J connectivity index is 2.62. The molecule has 1 aliphatic rings. The van der Waals surface area contributed by atoms with Crippen LogP contribution in [0.5, 0.6) is 0 Å². The van der Waals surface area contributed by atoms with E-state index in [0.717, 1.165) is 0 Å². The highest BCUT2D eigenvalue weighted by Crippen LogP contribution is 2.39. The van der Waals surface area contributed by atoms with Crippen LogP contribution in [0.4, 0.5) is 0 Å². The molecule has 1 aliphatic heterocycles. The van der Waals surface area contributed by atoms with Gasteiger partial charge < -0.3 is 9.47 Å². The molecule has 0 aromatic heterocycles. The van der Waals surface area contributed by atoms with Crippen molar-refractivity contribution in [1.29, 1.82) is 0 Å². The fourth-order valence-electron chi connectivity index (χ4n) is 1.17. The van der Waals surface area contributed by atoms with Crippen LogP contribution in [0, 0.1) is 10.8 Å². The fraction of sp³-hybridized carbons (Fsp3) is 0.833. The van der Waals surface area contributed by atoms with Crippen LogP contribution in [0.25, 0.3) is 0 Å². The van der Waals surface area contributed by atoms with E-state index in [1.807, 2.05) is 34.6 Å². The first-order valence-corrected chi connectivity index (χ1v) is 5.51. The largest absolute Gasteiger partial charge is 0.462 e. The third-order valence-corrected chi connectivity index (χ3v) is 3.48. The second kappa shape index (κ2) is 4.07. The van der Waals surface area contributed by atoms with Crippen molar-refractivity contribution in [2.45, 2.75) is 47.1 Å². The number of cyclic esters (lactones) is 1. The number of esters is 2. The van der Waals surface area contributed by atoms with E-state index in [9.17, 15) is 9.59 Å². The molecule has 4 heteroatoms. The minimum absolute atomic E-state index is 0.173.